The summed E-state index contributed by atoms with van der Waals surface area (Å²) in [7, 11) is 0. The summed E-state index contributed by atoms with van der Waals surface area (Å²) in [6, 6.07) is 34.0. The summed E-state index contributed by atoms with van der Waals surface area (Å²) in [5.41, 5.74) is 9.49. The first kappa shape index (κ1) is 29.8. The molecule has 5 nitrogen and oxygen atoms in total. The molecule has 214 valence electrons. The van der Waals surface area contributed by atoms with E-state index in [9.17, 15) is 9.18 Å². The van der Waals surface area contributed by atoms with Crippen LogP contribution in [0.4, 0.5) is 4.39 Å². The fourth-order valence-corrected chi connectivity index (χ4v) is 4.88. The molecule has 0 bridgehead atoms. The van der Waals surface area contributed by atoms with Crippen LogP contribution in [0.3, 0.4) is 0 Å². The van der Waals surface area contributed by atoms with Gasteiger partial charge in [-0.15, -0.1) is 0 Å². The lowest BCUT2D eigenvalue weighted by molar-refractivity contribution is -0.117. The second-order valence-corrected chi connectivity index (χ2v) is 10.2. The monoisotopic (exact) mass is 554 g/mol. The molecule has 0 unspecified atom stereocenters. The summed E-state index contributed by atoms with van der Waals surface area (Å²) in [4.78, 5) is 13.6. The number of ether oxygens (including phenoxy) is 2. The average molecular weight is 555 g/mol. The molecule has 41 heavy (non-hydrogen) atoms. The third kappa shape index (κ3) is 9.47. The van der Waals surface area contributed by atoms with Gasteiger partial charge in [0.15, 0.2) is 11.6 Å². The number of rotatable bonds is 16. The molecule has 0 spiro atoms. The standard InChI is InChI=1S/C35H39FN2O3/c1-2-21-40-31-17-14-27(15-18-31)25-38(20-9-22-41-34-19-16-28(23-33(34)36)24-35(37)39)26-32(29-10-5-3-6-11-29)30-12-7-4-8-13-30/h3-8,10-19,23,32H,2,9,20-22,24-26H2,1H3,(H2,37,39). The first-order valence-electron chi connectivity index (χ1n) is 14.3. The van der Waals surface area contributed by atoms with Gasteiger partial charge in [-0.3, -0.25) is 9.69 Å². The van der Waals surface area contributed by atoms with Crippen LogP contribution in [0.2, 0.25) is 0 Å². The van der Waals surface area contributed by atoms with Crippen LogP contribution in [0.15, 0.2) is 103 Å². The number of amides is 1. The van der Waals surface area contributed by atoms with Crippen molar-refractivity contribution in [2.75, 3.05) is 26.3 Å². The highest BCUT2D eigenvalue weighted by atomic mass is 19.1. The number of nitrogens with zero attached hydrogens (tertiary/aromatic N) is 1. The number of hydrogen-bond donors (Lipinski definition) is 1. The predicted octanol–water partition coefficient (Wildman–Crippen LogP) is 6.75. The van der Waals surface area contributed by atoms with Crippen molar-refractivity contribution < 1.29 is 18.7 Å². The topological polar surface area (TPSA) is 64.8 Å². The van der Waals surface area contributed by atoms with Crippen LogP contribution in [-0.2, 0) is 17.8 Å². The van der Waals surface area contributed by atoms with E-state index in [4.69, 9.17) is 15.2 Å². The summed E-state index contributed by atoms with van der Waals surface area (Å²) in [6.45, 7) is 5.52. The van der Waals surface area contributed by atoms with Gasteiger partial charge in [0.2, 0.25) is 5.91 Å². The molecule has 0 saturated carbocycles. The average Bonchev–Trinajstić information content (AvgIpc) is 2.99. The summed E-state index contributed by atoms with van der Waals surface area (Å²) < 4.78 is 26.1. The number of carbonyl (C=O) groups excluding carboxylic acids is 1. The van der Waals surface area contributed by atoms with Crippen molar-refractivity contribution in [2.24, 2.45) is 5.73 Å². The van der Waals surface area contributed by atoms with Crippen molar-refractivity contribution in [1.29, 1.82) is 0 Å². The molecule has 0 atom stereocenters. The van der Waals surface area contributed by atoms with E-state index in [0.717, 1.165) is 38.2 Å². The van der Waals surface area contributed by atoms with Crippen molar-refractivity contribution in [3.63, 3.8) is 0 Å². The lowest BCUT2D eigenvalue weighted by Crippen LogP contribution is -2.30. The summed E-state index contributed by atoms with van der Waals surface area (Å²) >= 11 is 0. The van der Waals surface area contributed by atoms with Gasteiger partial charge in [-0.25, -0.2) is 4.39 Å². The molecule has 6 heteroatoms. The third-order valence-corrected chi connectivity index (χ3v) is 6.90. The Bertz CT molecular complexity index is 1310. The second kappa shape index (κ2) is 15.6. The Labute approximate surface area is 242 Å². The molecule has 0 fully saturated rings. The maximum absolute atomic E-state index is 14.5. The van der Waals surface area contributed by atoms with Gasteiger partial charge in [0.1, 0.15) is 5.75 Å². The molecular formula is C35H39FN2O3. The van der Waals surface area contributed by atoms with Crippen LogP contribution >= 0.6 is 0 Å². The molecule has 4 rings (SSSR count). The molecule has 2 N–H and O–H groups in total. The molecule has 0 aliphatic rings. The Morgan fingerprint density at radius 3 is 2.05 bits per heavy atom. The number of benzene rings is 4. The largest absolute Gasteiger partial charge is 0.494 e. The Kier molecular flexibility index (Phi) is 11.3. The highest BCUT2D eigenvalue weighted by Crippen LogP contribution is 2.27. The molecule has 0 saturated heterocycles. The van der Waals surface area contributed by atoms with Crippen LogP contribution in [0.25, 0.3) is 0 Å². The number of primary amides is 1. The SMILES string of the molecule is CCCOc1ccc(CN(CCCOc2ccc(CC(N)=O)cc2F)CC(c2ccccc2)c2ccccc2)cc1. The van der Waals surface area contributed by atoms with Gasteiger partial charge in [-0.1, -0.05) is 85.8 Å². The highest BCUT2D eigenvalue weighted by molar-refractivity contribution is 5.76. The lowest BCUT2D eigenvalue weighted by atomic mass is 9.90. The number of hydrogen-bond acceptors (Lipinski definition) is 4. The van der Waals surface area contributed by atoms with Crippen LogP contribution in [0.5, 0.6) is 11.5 Å². The van der Waals surface area contributed by atoms with Gasteiger partial charge in [-0.05, 0) is 59.4 Å². The van der Waals surface area contributed by atoms with Crippen molar-refractivity contribution >= 4 is 5.91 Å². The minimum Gasteiger partial charge on any atom is -0.494 e. The maximum Gasteiger partial charge on any atom is 0.221 e. The molecule has 0 radical (unpaired) electrons. The molecule has 0 heterocycles. The van der Waals surface area contributed by atoms with Gasteiger partial charge >= 0.3 is 0 Å². The van der Waals surface area contributed by atoms with E-state index in [1.165, 1.54) is 22.8 Å². The number of halogens is 1. The first-order valence-corrected chi connectivity index (χ1v) is 14.3. The summed E-state index contributed by atoms with van der Waals surface area (Å²) in [6.07, 6.45) is 1.69. The van der Waals surface area contributed by atoms with Gasteiger partial charge in [0, 0.05) is 25.6 Å². The maximum atomic E-state index is 14.5. The Morgan fingerprint density at radius 2 is 1.46 bits per heavy atom. The normalized spacial score (nSPS) is 11.1. The molecule has 4 aromatic rings. The number of carbonyl (C=O) groups is 1. The Balaban J connectivity index is 1.46. The van der Waals surface area contributed by atoms with Crippen LogP contribution in [0.1, 0.15) is 47.9 Å². The second-order valence-electron chi connectivity index (χ2n) is 10.2. The van der Waals surface area contributed by atoms with E-state index in [-0.39, 0.29) is 18.1 Å². The van der Waals surface area contributed by atoms with E-state index in [1.54, 1.807) is 12.1 Å². The van der Waals surface area contributed by atoms with Gasteiger partial charge in [0.05, 0.1) is 19.6 Å². The van der Waals surface area contributed by atoms with E-state index >= 15 is 0 Å². The van der Waals surface area contributed by atoms with Crippen molar-refractivity contribution in [3.8, 4) is 11.5 Å². The number of nitrogens with two attached hydrogens (primary N) is 1. The van der Waals surface area contributed by atoms with Crippen LogP contribution < -0.4 is 15.2 Å². The Morgan fingerprint density at radius 1 is 0.829 bits per heavy atom. The minimum atomic E-state index is -0.495. The molecule has 4 aromatic carbocycles. The molecule has 1 amide bonds. The van der Waals surface area contributed by atoms with E-state index in [2.05, 4.69) is 72.5 Å². The smallest absolute Gasteiger partial charge is 0.221 e. The molecular weight excluding hydrogens is 515 g/mol. The zero-order valence-corrected chi connectivity index (χ0v) is 23.7. The lowest BCUT2D eigenvalue weighted by Gasteiger charge is -2.28. The van der Waals surface area contributed by atoms with Crippen molar-refractivity contribution in [2.45, 2.75) is 38.6 Å². The van der Waals surface area contributed by atoms with Gasteiger partial charge in [0.25, 0.3) is 0 Å². The van der Waals surface area contributed by atoms with E-state index < -0.39 is 11.7 Å². The fraction of sp³-hybridized carbons (Fsp3) is 0.286. The summed E-state index contributed by atoms with van der Waals surface area (Å²) in [5, 5.41) is 0. The molecule has 0 aliphatic heterocycles. The predicted molar refractivity (Wildman–Crippen MR) is 162 cm³/mol. The van der Waals surface area contributed by atoms with Crippen LogP contribution in [0, 0.1) is 5.82 Å². The van der Waals surface area contributed by atoms with Crippen LogP contribution in [-0.4, -0.2) is 37.1 Å². The first-order chi connectivity index (χ1) is 20.0. The quantitative estimate of drug-likeness (QED) is 0.156. The zero-order valence-electron chi connectivity index (χ0n) is 23.7. The summed E-state index contributed by atoms with van der Waals surface area (Å²) in [5.74, 6) is 0.273. The van der Waals surface area contributed by atoms with Crippen molar-refractivity contribution in [3.05, 3.63) is 131 Å². The van der Waals surface area contributed by atoms with Crippen molar-refractivity contribution in [1.82, 2.24) is 4.90 Å². The zero-order chi connectivity index (χ0) is 28.9. The highest BCUT2D eigenvalue weighted by Gasteiger charge is 2.19. The molecule has 0 aliphatic carbocycles. The third-order valence-electron chi connectivity index (χ3n) is 6.90. The fourth-order valence-electron chi connectivity index (χ4n) is 4.88. The molecule has 0 aromatic heterocycles. The van der Waals surface area contributed by atoms with Gasteiger partial charge < -0.3 is 15.2 Å². The Hall–Kier alpha value is -4.16. The minimum absolute atomic E-state index is 0.00185. The van der Waals surface area contributed by atoms with Gasteiger partial charge in [-0.2, -0.15) is 0 Å². The van der Waals surface area contributed by atoms with E-state index in [1.807, 2.05) is 24.3 Å². The van der Waals surface area contributed by atoms with E-state index in [0.29, 0.717) is 18.8 Å².